The Hall–Kier alpha value is -1.46. The van der Waals surface area contributed by atoms with E-state index in [1.807, 2.05) is 17.7 Å². The lowest BCUT2D eigenvalue weighted by molar-refractivity contribution is 0.532. The van der Waals surface area contributed by atoms with Gasteiger partial charge in [0.2, 0.25) is 0 Å². The van der Waals surface area contributed by atoms with Crippen molar-refractivity contribution in [1.29, 1.82) is 0 Å². The average Bonchev–Trinajstić information content (AvgIpc) is 2.83. The lowest BCUT2D eigenvalue weighted by Crippen LogP contribution is -2.25. The molecule has 1 unspecified atom stereocenters. The molecule has 18 heavy (non-hydrogen) atoms. The Balaban J connectivity index is 0.00000120. The molecule has 1 N–H and O–H groups in total. The molecule has 2 aromatic rings. The predicted molar refractivity (Wildman–Crippen MR) is 72.3 cm³/mol. The average molecular weight is 267 g/mol. The van der Waals surface area contributed by atoms with Crippen molar-refractivity contribution in [2.24, 2.45) is 0 Å². The van der Waals surface area contributed by atoms with Crippen molar-refractivity contribution in [1.82, 2.24) is 20.1 Å². The number of fused-ring (bicyclic) bond motifs is 1. The van der Waals surface area contributed by atoms with Crippen LogP contribution < -0.4 is 10.9 Å². The zero-order valence-corrected chi connectivity index (χ0v) is 10.9. The Bertz CT molecular complexity index is 619. The number of hydrogen-bond donors (Lipinski definition) is 1. The van der Waals surface area contributed by atoms with Crippen molar-refractivity contribution in [3.8, 4) is 0 Å². The van der Waals surface area contributed by atoms with E-state index in [9.17, 15) is 4.79 Å². The second-order valence-corrected chi connectivity index (χ2v) is 4.46. The van der Waals surface area contributed by atoms with Crippen LogP contribution in [-0.2, 0) is 0 Å². The molecule has 1 aliphatic heterocycles. The molecule has 0 spiro atoms. The molecule has 0 radical (unpaired) electrons. The molecule has 96 valence electrons. The Kier molecular flexibility index (Phi) is 3.63. The van der Waals surface area contributed by atoms with Crippen LogP contribution >= 0.6 is 12.4 Å². The highest BCUT2D eigenvalue weighted by atomic mass is 35.5. The number of aromatic nitrogens is 3. The van der Waals surface area contributed by atoms with Crippen LogP contribution in [0.3, 0.4) is 0 Å². The SMILES string of the molecule is Cc1nncc2cn(C3CCNC3)c(=O)cc12.Cl. The van der Waals surface area contributed by atoms with Crippen LogP contribution in [0.25, 0.3) is 10.8 Å². The maximum absolute atomic E-state index is 12.1. The molecule has 1 saturated heterocycles. The van der Waals surface area contributed by atoms with Gasteiger partial charge in [-0.25, -0.2) is 0 Å². The van der Waals surface area contributed by atoms with Gasteiger partial charge in [0.25, 0.3) is 5.56 Å². The van der Waals surface area contributed by atoms with E-state index in [0.29, 0.717) is 0 Å². The van der Waals surface area contributed by atoms with Crippen LogP contribution in [0.4, 0.5) is 0 Å². The fourth-order valence-corrected chi connectivity index (χ4v) is 2.37. The number of aryl methyl sites for hydroxylation is 1. The monoisotopic (exact) mass is 266 g/mol. The van der Waals surface area contributed by atoms with Crippen LogP contribution in [0.5, 0.6) is 0 Å². The number of rotatable bonds is 1. The van der Waals surface area contributed by atoms with E-state index >= 15 is 0 Å². The highest BCUT2D eigenvalue weighted by molar-refractivity contribution is 5.85. The predicted octanol–water partition coefficient (Wildman–Crippen LogP) is 1.06. The van der Waals surface area contributed by atoms with Gasteiger partial charge in [0.15, 0.2) is 0 Å². The molecule has 3 rings (SSSR count). The molecule has 0 aromatic carbocycles. The van der Waals surface area contributed by atoms with Gasteiger partial charge in [-0.3, -0.25) is 4.79 Å². The third-order valence-corrected chi connectivity index (χ3v) is 3.33. The molecule has 5 nitrogen and oxygen atoms in total. The molecule has 1 aliphatic rings. The minimum atomic E-state index is 0. The number of nitrogens with one attached hydrogen (secondary N) is 1. The fourth-order valence-electron chi connectivity index (χ4n) is 2.37. The summed E-state index contributed by atoms with van der Waals surface area (Å²) in [5.74, 6) is 0. The summed E-state index contributed by atoms with van der Waals surface area (Å²) >= 11 is 0. The zero-order valence-electron chi connectivity index (χ0n) is 10.1. The summed E-state index contributed by atoms with van der Waals surface area (Å²) in [5.41, 5.74) is 0.846. The van der Waals surface area contributed by atoms with Crippen LogP contribution in [0, 0.1) is 6.92 Å². The van der Waals surface area contributed by atoms with Gasteiger partial charge in [-0.1, -0.05) is 0 Å². The quantitative estimate of drug-likeness (QED) is 0.838. The second kappa shape index (κ2) is 5.04. The van der Waals surface area contributed by atoms with Gasteiger partial charge in [0.1, 0.15) is 0 Å². The second-order valence-electron chi connectivity index (χ2n) is 4.46. The Morgan fingerprint density at radius 2 is 2.33 bits per heavy atom. The van der Waals surface area contributed by atoms with Crippen molar-refractivity contribution < 1.29 is 0 Å². The first-order valence-electron chi connectivity index (χ1n) is 5.80. The Morgan fingerprint density at radius 3 is 3.06 bits per heavy atom. The van der Waals surface area contributed by atoms with Crippen molar-refractivity contribution in [2.45, 2.75) is 19.4 Å². The molecule has 6 heteroatoms. The van der Waals surface area contributed by atoms with E-state index < -0.39 is 0 Å². The number of pyridine rings is 1. The lowest BCUT2D eigenvalue weighted by Gasteiger charge is -2.13. The van der Waals surface area contributed by atoms with Crippen molar-refractivity contribution in [2.75, 3.05) is 13.1 Å². The molecule has 0 bridgehead atoms. The lowest BCUT2D eigenvalue weighted by atomic mass is 10.2. The normalized spacial score (nSPS) is 18.8. The summed E-state index contributed by atoms with van der Waals surface area (Å²) in [7, 11) is 0. The van der Waals surface area contributed by atoms with E-state index in [2.05, 4.69) is 15.5 Å². The number of nitrogens with zero attached hydrogens (tertiary/aromatic N) is 3. The van der Waals surface area contributed by atoms with Gasteiger partial charge in [-0.05, 0) is 19.9 Å². The van der Waals surface area contributed by atoms with E-state index in [1.165, 1.54) is 0 Å². The third kappa shape index (κ3) is 2.11. The maximum atomic E-state index is 12.1. The summed E-state index contributed by atoms with van der Waals surface area (Å²) in [6, 6.07) is 1.93. The first-order valence-corrected chi connectivity index (χ1v) is 5.80. The molecule has 0 saturated carbocycles. The van der Waals surface area contributed by atoms with Crippen LogP contribution in [0.15, 0.2) is 23.3 Å². The molecule has 0 aliphatic carbocycles. The molecule has 1 fully saturated rings. The largest absolute Gasteiger partial charge is 0.315 e. The Morgan fingerprint density at radius 1 is 1.50 bits per heavy atom. The minimum absolute atomic E-state index is 0. The summed E-state index contributed by atoms with van der Waals surface area (Å²) < 4.78 is 1.81. The molecular formula is C12H15ClN4O. The van der Waals surface area contributed by atoms with Gasteiger partial charge in [0, 0.05) is 29.6 Å². The summed E-state index contributed by atoms with van der Waals surface area (Å²) in [6.45, 7) is 3.71. The van der Waals surface area contributed by atoms with Crippen molar-refractivity contribution in [3.63, 3.8) is 0 Å². The van der Waals surface area contributed by atoms with Crippen molar-refractivity contribution >= 4 is 23.2 Å². The van der Waals surface area contributed by atoms with Gasteiger partial charge in [-0.15, -0.1) is 12.4 Å². The van der Waals surface area contributed by atoms with Crippen LogP contribution in [0.2, 0.25) is 0 Å². The van der Waals surface area contributed by atoms with Gasteiger partial charge in [0.05, 0.1) is 17.9 Å². The van der Waals surface area contributed by atoms with Gasteiger partial charge >= 0.3 is 0 Å². The van der Waals surface area contributed by atoms with Gasteiger partial charge < -0.3 is 9.88 Å². The van der Waals surface area contributed by atoms with E-state index in [-0.39, 0.29) is 24.0 Å². The summed E-state index contributed by atoms with van der Waals surface area (Å²) in [6.07, 6.45) is 4.61. The van der Waals surface area contributed by atoms with Crippen molar-refractivity contribution in [3.05, 3.63) is 34.5 Å². The topological polar surface area (TPSA) is 59.8 Å². The molecule has 3 heterocycles. The zero-order chi connectivity index (χ0) is 11.8. The molecule has 0 amide bonds. The highest BCUT2D eigenvalue weighted by Crippen LogP contribution is 2.17. The fraction of sp³-hybridized carbons (Fsp3) is 0.417. The highest BCUT2D eigenvalue weighted by Gasteiger charge is 2.17. The molecule has 2 aromatic heterocycles. The van der Waals surface area contributed by atoms with Gasteiger partial charge in [-0.2, -0.15) is 10.2 Å². The van der Waals surface area contributed by atoms with E-state index in [1.54, 1.807) is 12.3 Å². The van der Waals surface area contributed by atoms with E-state index in [0.717, 1.165) is 36.0 Å². The number of hydrogen-bond acceptors (Lipinski definition) is 4. The first-order chi connectivity index (χ1) is 8.25. The smallest absolute Gasteiger partial charge is 0.251 e. The maximum Gasteiger partial charge on any atom is 0.251 e. The molecule has 1 atom stereocenters. The summed E-state index contributed by atoms with van der Waals surface area (Å²) in [5, 5.41) is 13.0. The third-order valence-electron chi connectivity index (χ3n) is 3.33. The summed E-state index contributed by atoms with van der Waals surface area (Å²) in [4.78, 5) is 12.1. The molecular weight excluding hydrogens is 252 g/mol. The standard InChI is InChI=1S/C12H14N4O.ClH/c1-8-11-4-12(17)16(10-2-3-13-6-10)7-9(11)5-14-15-8;/h4-5,7,10,13H,2-3,6H2,1H3;1H. The van der Waals surface area contributed by atoms with Crippen LogP contribution in [0.1, 0.15) is 18.2 Å². The first kappa shape index (κ1) is 13.0. The van der Waals surface area contributed by atoms with Crippen LogP contribution in [-0.4, -0.2) is 27.9 Å². The number of halogens is 1. The Labute approximate surface area is 111 Å². The minimum Gasteiger partial charge on any atom is -0.315 e. The van der Waals surface area contributed by atoms with E-state index in [4.69, 9.17) is 0 Å².